The second kappa shape index (κ2) is 12.2. The van der Waals surface area contributed by atoms with Crippen molar-refractivity contribution in [3.05, 3.63) is 69.2 Å². The minimum atomic E-state index is -0.255. The van der Waals surface area contributed by atoms with Crippen LogP contribution in [-0.2, 0) is 22.7 Å². The van der Waals surface area contributed by atoms with Crippen LogP contribution in [0.15, 0.2) is 47.5 Å². The van der Waals surface area contributed by atoms with Crippen molar-refractivity contribution in [1.29, 1.82) is 5.26 Å². The number of fused-ring (bicyclic) bond motifs is 1. The summed E-state index contributed by atoms with van der Waals surface area (Å²) in [6.07, 6.45) is 4.88. The van der Waals surface area contributed by atoms with Gasteiger partial charge in [-0.1, -0.05) is 17.7 Å². The van der Waals surface area contributed by atoms with Crippen LogP contribution >= 0.6 is 11.6 Å². The Morgan fingerprint density at radius 1 is 1.15 bits per heavy atom. The molecule has 0 spiro atoms. The Hall–Kier alpha value is -3.74. The zero-order valence-electron chi connectivity index (χ0n) is 22.7. The Balaban J connectivity index is 1.26. The summed E-state index contributed by atoms with van der Waals surface area (Å²) in [6, 6.07) is 12.9. The van der Waals surface area contributed by atoms with Crippen LogP contribution < -0.4 is 10.5 Å². The second-order valence-electron chi connectivity index (χ2n) is 10.8. The minimum absolute atomic E-state index is 0.135. The van der Waals surface area contributed by atoms with Gasteiger partial charge in [0, 0.05) is 58.3 Å². The molecule has 1 aliphatic carbocycles. The van der Waals surface area contributed by atoms with Gasteiger partial charge in [-0.15, -0.1) is 0 Å². The number of nitrogens with zero attached hydrogens (tertiary/aromatic N) is 6. The van der Waals surface area contributed by atoms with Crippen LogP contribution in [0.4, 0.5) is 5.69 Å². The number of likely N-dealkylation sites (N-methyl/N-ethyl adjacent to an activating group) is 1. The number of carbonyl (C=O) groups excluding carboxylic acids is 2. The average Bonchev–Trinajstić information content (AvgIpc) is 3.22. The Bertz CT molecular complexity index is 1530. The van der Waals surface area contributed by atoms with Crippen molar-refractivity contribution in [1.82, 2.24) is 19.4 Å². The molecule has 208 valence electrons. The first-order valence-electron chi connectivity index (χ1n) is 13.7. The van der Waals surface area contributed by atoms with Crippen LogP contribution in [0.5, 0.6) is 0 Å². The van der Waals surface area contributed by atoms with Gasteiger partial charge in [-0.3, -0.25) is 19.0 Å². The van der Waals surface area contributed by atoms with Crippen LogP contribution in [0.2, 0.25) is 5.02 Å². The van der Waals surface area contributed by atoms with Gasteiger partial charge in [-0.25, -0.2) is 4.98 Å². The molecule has 2 heterocycles. The Labute approximate surface area is 238 Å². The van der Waals surface area contributed by atoms with E-state index in [1.54, 1.807) is 25.2 Å². The third-order valence-electron chi connectivity index (χ3n) is 7.93. The van der Waals surface area contributed by atoms with E-state index < -0.39 is 0 Å². The number of Topliss-reactive ketones (excluding diaryl/α,β-unsaturated/α-hetero) is 1. The Kier molecular flexibility index (Phi) is 8.48. The molecule has 0 radical (unpaired) electrons. The van der Waals surface area contributed by atoms with Gasteiger partial charge in [0.15, 0.2) is 0 Å². The molecule has 1 aromatic heterocycles. The van der Waals surface area contributed by atoms with Crippen molar-refractivity contribution in [2.75, 3.05) is 44.7 Å². The Morgan fingerprint density at radius 3 is 2.77 bits per heavy atom. The third kappa shape index (κ3) is 6.35. The summed E-state index contributed by atoms with van der Waals surface area (Å²) in [5.41, 5.74) is 2.44. The van der Waals surface area contributed by atoms with Crippen molar-refractivity contribution in [3.63, 3.8) is 0 Å². The first kappa shape index (κ1) is 27.8. The highest BCUT2D eigenvalue weighted by atomic mass is 35.5. The van der Waals surface area contributed by atoms with Crippen LogP contribution in [-0.4, -0.2) is 70.8 Å². The van der Waals surface area contributed by atoms with Crippen molar-refractivity contribution in [2.45, 2.75) is 38.8 Å². The molecule has 2 aliphatic rings. The standard InChI is InChI=1S/C30H33ClN6O3/c1-34(17-21-4-7-27(31)23(13-21)16-32)29(39)19-37-20-33-28-8-5-24(15-26(28)30(37)40)36-10-2-9-35(11-12-36)18-22-3-6-25(38)14-22/h4-5,7-8,13,15,20,22H,2-3,6,9-12,14,17-19H2,1H3. The highest BCUT2D eigenvalue weighted by Gasteiger charge is 2.25. The predicted molar refractivity (Wildman–Crippen MR) is 154 cm³/mol. The van der Waals surface area contributed by atoms with Crippen LogP contribution in [0.3, 0.4) is 0 Å². The number of halogens is 1. The fourth-order valence-corrected chi connectivity index (χ4v) is 5.82. The van der Waals surface area contributed by atoms with Gasteiger partial charge in [0.25, 0.3) is 5.56 Å². The smallest absolute Gasteiger partial charge is 0.261 e. The van der Waals surface area contributed by atoms with E-state index in [1.165, 1.54) is 15.8 Å². The van der Waals surface area contributed by atoms with Crippen molar-refractivity contribution >= 4 is 39.9 Å². The van der Waals surface area contributed by atoms with E-state index in [2.05, 4.69) is 14.8 Å². The molecule has 1 saturated heterocycles. The molecule has 5 rings (SSSR count). The SMILES string of the molecule is CN(Cc1ccc(Cl)c(C#N)c1)C(=O)Cn1cnc2ccc(N3CCCN(CC4CCC(=O)C4)CC3)cc2c1=O. The fraction of sp³-hybridized carbons (Fsp3) is 0.433. The number of aromatic nitrogens is 2. The molecule has 2 aromatic carbocycles. The number of benzene rings is 2. The number of ketones is 1. The molecule has 0 N–H and O–H groups in total. The van der Waals surface area contributed by atoms with Gasteiger partial charge >= 0.3 is 0 Å². The topological polar surface area (TPSA) is 103 Å². The van der Waals surface area contributed by atoms with Gasteiger partial charge in [-0.05, 0) is 61.2 Å². The molecule has 1 aliphatic heterocycles. The largest absolute Gasteiger partial charge is 0.370 e. The summed E-state index contributed by atoms with van der Waals surface area (Å²) < 4.78 is 1.35. The van der Waals surface area contributed by atoms with Gasteiger partial charge < -0.3 is 14.7 Å². The third-order valence-corrected chi connectivity index (χ3v) is 8.26. The van der Waals surface area contributed by atoms with Gasteiger partial charge in [0.1, 0.15) is 18.4 Å². The molecule has 2 fully saturated rings. The Morgan fingerprint density at radius 2 is 2.00 bits per heavy atom. The molecule has 1 saturated carbocycles. The molecule has 3 aromatic rings. The molecule has 1 atom stereocenters. The molecule has 9 nitrogen and oxygen atoms in total. The van der Waals surface area contributed by atoms with Gasteiger partial charge in [-0.2, -0.15) is 5.26 Å². The monoisotopic (exact) mass is 560 g/mol. The molecule has 40 heavy (non-hydrogen) atoms. The first-order valence-corrected chi connectivity index (χ1v) is 14.1. The van der Waals surface area contributed by atoms with Gasteiger partial charge in [0.05, 0.1) is 27.8 Å². The average molecular weight is 561 g/mol. The van der Waals surface area contributed by atoms with Crippen LogP contribution in [0.25, 0.3) is 10.9 Å². The van der Waals surface area contributed by atoms with Crippen LogP contribution in [0, 0.1) is 17.2 Å². The maximum Gasteiger partial charge on any atom is 0.261 e. The fourth-order valence-electron chi connectivity index (χ4n) is 5.67. The first-order chi connectivity index (χ1) is 19.3. The molecule has 1 unspecified atom stereocenters. The van der Waals surface area contributed by atoms with E-state index in [-0.39, 0.29) is 24.6 Å². The van der Waals surface area contributed by atoms with Gasteiger partial charge in [0.2, 0.25) is 5.91 Å². The van der Waals surface area contributed by atoms with Crippen molar-refractivity contribution in [2.24, 2.45) is 5.92 Å². The maximum absolute atomic E-state index is 13.4. The van der Waals surface area contributed by atoms with Crippen LogP contribution in [0.1, 0.15) is 36.8 Å². The molecular formula is C30H33ClN6O3. The number of carbonyl (C=O) groups is 2. The number of rotatable bonds is 7. The number of anilines is 1. The van der Waals surface area contributed by atoms with Crippen molar-refractivity contribution in [3.8, 4) is 6.07 Å². The lowest BCUT2D eigenvalue weighted by Gasteiger charge is -2.25. The minimum Gasteiger partial charge on any atom is -0.370 e. The zero-order chi connectivity index (χ0) is 28.2. The van der Waals surface area contributed by atoms with E-state index >= 15 is 0 Å². The van der Waals surface area contributed by atoms with E-state index in [0.717, 1.165) is 63.2 Å². The summed E-state index contributed by atoms with van der Waals surface area (Å²) in [6.45, 7) is 4.80. The molecule has 10 heteroatoms. The molecule has 1 amide bonds. The molecule has 0 bridgehead atoms. The quantitative estimate of drug-likeness (QED) is 0.436. The summed E-state index contributed by atoms with van der Waals surface area (Å²) >= 11 is 6.01. The highest BCUT2D eigenvalue weighted by molar-refractivity contribution is 6.31. The maximum atomic E-state index is 13.4. The lowest BCUT2D eigenvalue weighted by atomic mass is 10.1. The summed E-state index contributed by atoms with van der Waals surface area (Å²) in [4.78, 5) is 48.7. The number of amides is 1. The normalized spacial score (nSPS) is 18.1. The number of hydrogen-bond donors (Lipinski definition) is 0. The van der Waals surface area contributed by atoms with E-state index in [0.29, 0.717) is 39.6 Å². The van der Waals surface area contributed by atoms with E-state index in [4.69, 9.17) is 11.6 Å². The lowest BCUT2D eigenvalue weighted by molar-refractivity contribution is -0.131. The van der Waals surface area contributed by atoms with Crippen molar-refractivity contribution < 1.29 is 9.59 Å². The zero-order valence-corrected chi connectivity index (χ0v) is 23.4. The number of nitriles is 1. The lowest BCUT2D eigenvalue weighted by Crippen LogP contribution is -2.34. The summed E-state index contributed by atoms with van der Waals surface area (Å²) in [5, 5.41) is 10.1. The van der Waals surface area contributed by atoms with E-state index in [1.807, 2.05) is 24.3 Å². The second-order valence-corrected chi connectivity index (χ2v) is 11.3. The van der Waals surface area contributed by atoms with E-state index in [9.17, 15) is 19.6 Å². The number of hydrogen-bond acceptors (Lipinski definition) is 7. The molecular weight excluding hydrogens is 528 g/mol. The predicted octanol–water partition coefficient (Wildman–Crippen LogP) is 3.46. The highest BCUT2D eigenvalue weighted by Crippen LogP contribution is 2.25. The summed E-state index contributed by atoms with van der Waals surface area (Å²) in [5.74, 6) is 0.623. The summed E-state index contributed by atoms with van der Waals surface area (Å²) in [7, 11) is 1.66.